The molecule has 2 aromatic rings. The van der Waals surface area contributed by atoms with Gasteiger partial charge in [-0.2, -0.15) is 0 Å². The summed E-state index contributed by atoms with van der Waals surface area (Å²) in [4.78, 5) is 0. The van der Waals surface area contributed by atoms with Crippen molar-refractivity contribution in [3.05, 3.63) is 29.8 Å². The summed E-state index contributed by atoms with van der Waals surface area (Å²) < 4.78 is 2.01. The fourth-order valence-corrected chi connectivity index (χ4v) is 2.01. The highest BCUT2D eigenvalue weighted by atomic mass is 32.2. The molecule has 4 heteroatoms. The van der Waals surface area contributed by atoms with E-state index >= 15 is 0 Å². The Labute approximate surface area is 93.5 Å². The van der Waals surface area contributed by atoms with E-state index < -0.39 is 0 Å². The molecule has 0 fully saturated rings. The van der Waals surface area contributed by atoms with Gasteiger partial charge in [-0.3, -0.25) is 0 Å². The predicted molar refractivity (Wildman–Crippen MR) is 63.0 cm³/mol. The minimum Gasteiger partial charge on any atom is -0.305 e. The lowest BCUT2D eigenvalue weighted by Gasteiger charge is -2.02. The van der Waals surface area contributed by atoms with Gasteiger partial charge in [-0.25, -0.2) is 0 Å². The molecule has 0 saturated carbocycles. The maximum absolute atomic E-state index is 4.19. The molecule has 0 atom stereocenters. The van der Waals surface area contributed by atoms with Crippen LogP contribution in [0.1, 0.15) is 5.56 Å². The molecule has 0 bridgehead atoms. The molecule has 0 spiro atoms. The van der Waals surface area contributed by atoms with Crippen molar-refractivity contribution in [3.8, 4) is 11.4 Å². The van der Waals surface area contributed by atoms with Gasteiger partial charge >= 0.3 is 0 Å². The first-order chi connectivity index (χ1) is 7.22. The Bertz CT molecular complexity index is 476. The zero-order chi connectivity index (χ0) is 10.8. The zero-order valence-electron chi connectivity index (χ0n) is 9.06. The van der Waals surface area contributed by atoms with Crippen LogP contribution in [-0.2, 0) is 7.05 Å². The van der Waals surface area contributed by atoms with E-state index in [-0.39, 0.29) is 0 Å². The van der Waals surface area contributed by atoms with E-state index in [1.165, 1.54) is 5.56 Å². The van der Waals surface area contributed by atoms with Crippen LogP contribution in [0.15, 0.2) is 29.4 Å². The van der Waals surface area contributed by atoms with Crippen LogP contribution in [0.5, 0.6) is 0 Å². The van der Waals surface area contributed by atoms with Crippen LogP contribution < -0.4 is 0 Å². The molecule has 0 unspecified atom stereocenters. The lowest BCUT2D eigenvalue weighted by molar-refractivity contribution is 0.795. The molecule has 0 amide bonds. The highest BCUT2D eigenvalue weighted by molar-refractivity contribution is 7.98. The van der Waals surface area contributed by atoms with Crippen molar-refractivity contribution >= 4 is 11.8 Å². The number of thioether (sulfide) groups is 1. The molecule has 15 heavy (non-hydrogen) atoms. The molecular weight excluding hydrogens is 206 g/mol. The van der Waals surface area contributed by atoms with Crippen molar-refractivity contribution in [1.29, 1.82) is 0 Å². The topological polar surface area (TPSA) is 30.7 Å². The van der Waals surface area contributed by atoms with Crippen molar-refractivity contribution in [1.82, 2.24) is 14.8 Å². The molecule has 0 radical (unpaired) electrons. The summed E-state index contributed by atoms with van der Waals surface area (Å²) in [6.45, 7) is 2.08. The van der Waals surface area contributed by atoms with Gasteiger partial charge in [-0.15, -0.1) is 10.2 Å². The maximum atomic E-state index is 4.19. The van der Waals surface area contributed by atoms with Gasteiger partial charge in [0.2, 0.25) is 0 Å². The van der Waals surface area contributed by atoms with Gasteiger partial charge in [0, 0.05) is 12.6 Å². The van der Waals surface area contributed by atoms with Crippen LogP contribution in [0, 0.1) is 6.92 Å². The van der Waals surface area contributed by atoms with Crippen LogP contribution in [0.25, 0.3) is 11.4 Å². The minimum absolute atomic E-state index is 0.919. The first-order valence-electron chi connectivity index (χ1n) is 4.73. The number of nitrogens with zero attached hydrogens (tertiary/aromatic N) is 3. The van der Waals surface area contributed by atoms with Gasteiger partial charge < -0.3 is 4.57 Å². The smallest absolute Gasteiger partial charge is 0.190 e. The molecule has 1 aromatic heterocycles. The van der Waals surface area contributed by atoms with E-state index in [1.54, 1.807) is 11.8 Å². The predicted octanol–water partition coefficient (Wildman–Crippen LogP) is 2.51. The van der Waals surface area contributed by atoms with E-state index in [0.29, 0.717) is 0 Å². The molecule has 1 heterocycles. The number of benzene rings is 1. The summed E-state index contributed by atoms with van der Waals surface area (Å²) in [5, 5.41) is 9.24. The van der Waals surface area contributed by atoms with E-state index in [1.807, 2.05) is 23.9 Å². The molecule has 0 aliphatic rings. The third-order valence-corrected chi connectivity index (χ3v) is 3.01. The summed E-state index contributed by atoms with van der Waals surface area (Å²) >= 11 is 1.60. The number of rotatable bonds is 2. The fraction of sp³-hybridized carbons (Fsp3) is 0.273. The van der Waals surface area contributed by atoms with Gasteiger partial charge in [-0.05, 0) is 19.2 Å². The minimum atomic E-state index is 0.919. The lowest BCUT2D eigenvalue weighted by Crippen LogP contribution is -1.94. The molecular formula is C11H13N3S. The zero-order valence-corrected chi connectivity index (χ0v) is 9.88. The van der Waals surface area contributed by atoms with Crippen LogP contribution >= 0.6 is 11.8 Å². The lowest BCUT2D eigenvalue weighted by atomic mass is 10.1. The Kier molecular flexibility index (Phi) is 2.77. The van der Waals surface area contributed by atoms with Crippen LogP contribution in [-0.4, -0.2) is 21.0 Å². The molecule has 0 aliphatic carbocycles. The Balaban J connectivity index is 2.49. The van der Waals surface area contributed by atoms with Crippen LogP contribution in [0.3, 0.4) is 0 Å². The van der Waals surface area contributed by atoms with Gasteiger partial charge in [0.05, 0.1) is 0 Å². The first-order valence-corrected chi connectivity index (χ1v) is 5.95. The largest absolute Gasteiger partial charge is 0.305 e. The van der Waals surface area contributed by atoms with Gasteiger partial charge in [0.15, 0.2) is 11.0 Å². The quantitative estimate of drug-likeness (QED) is 0.727. The summed E-state index contributed by atoms with van der Waals surface area (Å²) in [6.07, 6.45) is 2.00. The number of hydrogen-bond donors (Lipinski definition) is 0. The SMILES string of the molecule is CSc1nnc(-c2cccc(C)c2)n1C. The third kappa shape index (κ3) is 1.90. The summed E-state index contributed by atoms with van der Waals surface area (Å²) in [6, 6.07) is 8.29. The first kappa shape index (κ1) is 10.2. The van der Waals surface area contributed by atoms with E-state index in [9.17, 15) is 0 Å². The van der Waals surface area contributed by atoms with E-state index in [0.717, 1.165) is 16.5 Å². The van der Waals surface area contributed by atoms with Crippen molar-refractivity contribution < 1.29 is 0 Å². The van der Waals surface area contributed by atoms with Crippen molar-refractivity contribution in [2.24, 2.45) is 7.05 Å². The second kappa shape index (κ2) is 4.06. The van der Waals surface area contributed by atoms with Gasteiger partial charge in [-0.1, -0.05) is 35.5 Å². The molecule has 1 aromatic carbocycles. The van der Waals surface area contributed by atoms with Crippen LogP contribution in [0.2, 0.25) is 0 Å². The summed E-state index contributed by atoms with van der Waals surface area (Å²) in [5.41, 5.74) is 2.35. The molecule has 78 valence electrons. The van der Waals surface area contributed by atoms with Crippen molar-refractivity contribution in [2.45, 2.75) is 12.1 Å². The number of aryl methyl sites for hydroxylation is 1. The second-order valence-electron chi connectivity index (χ2n) is 3.44. The Morgan fingerprint density at radius 3 is 2.67 bits per heavy atom. The molecule has 3 nitrogen and oxygen atoms in total. The summed E-state index contributed by atoms with van der Waals surface area (Å²) in [5.74, 6) is 0.919. The fourth-order valence-electron chi connectivity index (χ4n) is 1.53. The maximum Gasteiger partial charge on any atom is 0.190 e. The average molecular weight is 219 g/mol. The Hall–Kier alpha value is -1.29. The normalized spacial score (nSPS) is 10.6. The highest BCUT2D eigenvalue weighted by Crippen LogP contribution is 2.21. The average Bonchev–Trinajstić information content (AvgIpc) is 2.59. The second-order valence-corrected chi connectivity index (χ2v) is 4.21. The van der Waals surface area contributed by atoms with Crippen LogP contribution in [0.4, 0.5) is 0 Å². The third-order valence-electron chi connectivity index (χ3n) is 2.29. The van der Waals surface area contributed by atoms with Gasteiger partial charge in [0.1, 0.15) is 0 Å². The molecule has 2 rings (SSSR count). The highest BCUT2D eigenvalue weighted by Gasteiger charge is 2.09. The van der Waals surface area contributed by atoms with Crippen molar-refractivity contribution in [2.75, 3.05) is 6.26 Å². The van der Waals surface area contributed by atoms with E-state index in [2.05, 4.69) is 35.3 Å². The Morgan fingerprint density at radius 2 is 2.07 bits per heavy atom. The number of hydrogen-bond acceptors (Lipinski definition) is 3. The Morgan fingerprint density at radius 1 is 1.27 bits per heavy atom. The molecule has 0 aliphatic heterocycles. The molecule has 0 N–H and O–H groups in total. The van der Waals surface area contributed by atoms with E-state index in [4.69, 9.17) is 0 Å². The standard InChI is InChI=1S/C11H13N3S/c1-8-5-4-6-9(7-8)10-12-13-11(15-3)14(10)2/h4-7H,1-3H3. The van der Waals surface area contributed by atoms with Crippen molar-refractivity contribution in [3.63, 3.8) is 0 Å². The number of aromatic nitrogens is 3. The van der Waals surface area contributed by atoms with Gasteiger partial charge in [0.25, 0.3) is 0 Å². The monoisotopic (exact) mass is 219 g/mol. The summed E-state index contributed by atoms with van der Waals surface area (Å²) in [7, 11) is 1.99. The molecule has 0 saturated heterocycles.